The summed E-state index contributed by atoms with van der Waals surface area (Å²) in [5, 5.41) is 0. The van der Waals surface area contributed by atoms with Crippen molar-refractivity contribution in [3.05, 3.63) is 59.4 Å². The van der Waals surface area contributed by atoms with Gasteiger partial charge in [-0.1, -0.05) is 30.3 Å². The normalized spacial score (nSPS) is 10.5. The zero-order valence-corrected chi connectivity index (χ0v) is 11.5. The molecule has 0 radical (unpaired) electrons. The number of thioether (sulfide) groups is 1. The number of para-hydroxylation sites is 1. The molecule has 0 heterocycles. The van der Waals surface area contributed by atoms with E-state index in [1.54, 1.807) is 30.0 Å². The van der Waals surface area contributed by atoms with E-state index in [1.807, 2.05) is 30.5 Å². The first-order valence-electron chi connectivity index (χ1n) is 5.98. The fourth-order valence-corrected chi connectivity index (χ4v) is 2.34. The Labute approximate surface area is 116 Å². The van der Waals surface area contributed by atoms with Gasteiger partial charge in [0, 0.05) is 22.6 Å². The zero-order chi connectivity index (χ0) is 13.7. The molecule has 0 atom stereocenters. The fraction of sp³-hybridized carbons (Fsp3) is 0.200. The topological polar surface area (TPSA) is 35.2 Å². The van der Waals surface area contributed by atoms with E-state index in [0.29, 0.717) is 11.1 Å². The second-order valence-electron chi connectivity index (χ2n) is 4.03. The zero-order valence-electron chi connectivity index (χ0n) is 10.7. The van der Waals surface area contributed by atoms with Crippen LogP contribution in [0.3, 0.4) is 0 Å². The van der Waals surface area contributed by atoms with Crippen LogP contribution in [0.4, 0.5) is 4.39 Å². The van der Waals surface area contributed by atoms with Crippen molar-refractivity contribution in [1.29, 1.82) is 0 Å². The first-order chi connectivity index (χ1) is 9.26. The number of halogens is 1. The standard InChI is InChI=1S/C15H16FNOS/c1-19-14-8-3-2-7-13(14)18-10-12-6-4-5-11(9-17)15(12)16/h2-8H,9-10,17H2,1H3. The molecule has 100 valence electrons. The molecule has 0 saturated heterocycles. The molecule has 0 bridgehead atoms. The lowest BCUT2D eigenvalue weighted by molar-refractivity contribution is 0.292. The van der Waals surface area contributed by atoms with Gasteiger partial charge in [-0.15, -0.1) is 11.8 Å². The minimum absolute atomic E-state index is 0.196. The van der Waals surface area contributed by atoms with Gasteiger partial charge in [-0.25, -0.2) is 4.39 Å². The summed E-state index contributed by atoms with van der Waals surface area (Å²) in [6.07, 6.45) is 1.98. The highest BCUT2D eigenvalue weighted by atomic mass is 32.2. The third-order valence-electron chi connectivity index (χ3n) is 2.83. The molecule has 19 heavy (non-hydrogen) atoms. The molecule has 2 aromatic rings. The molecule has 4 heteroatoms. The first kappa shape index (κ1) is 13.9. The van der Waals surface area contributed by atoms with E-state index in [-0.39, 0.29) is 19.0 Å². The van der Waals surface area contributed by atoms with Crippen LogP contribution in [-0.2, 0) is 13.2 Å². The molecule has 2 aromatic carbocycles. The maximum atomic E-state index is 14.0. The molecule has 0 aliphatic carbocycles. The second kappa shape index (κ2) is 6.59. The minimum Gasteiger partial charge on any atom is -0.488 e. The van der Waals surface area contributed by atoms with Gasteiger partial charge in [0.15, 0.2) is 0 Å². The molecule has 0 unspecified atom stereocenters. The van der Waals surface area contributed by atoms with Crippen molar-refractivity contribution < 1.29 is 9.13 Å². The molecule has 0 fully saturated rings. The number of hydrogen-bond acceptors (Lipinski definition) is 3. The van der Waals surface area contributed by atoms with E-state index >= 15 is 0 Å². The van der Waals surface area contributed by atoms with Crippen LogP contribution in [0.5, 0.6) is 5.75 Å². The Morgan fingerprint density at radius 1 is 1.11 bits per heavy atom. The summed E-state index contributed by atoms with van der Waals surface area (Å²) in [6, 6.07) is 12.9. The molecule has 0 amide bonds. The van der Waals surface area contributed by atoms with E-state index in [0.717, 1.165) is 10.6 Å². The summed E-state index contributed by atoms with van der Waals surface area (Å²) in [4.78, 5) is 1.04. The van der Waals surface area contributed by atoms with Crippen LogP contribution < -0.4 is 10.5 Å². The molecular weight excluding hydrogens is 261 g/mol. The minimum atomic E-state index is -0.272. The average Bonchev–Trinajstić information content (AvgIpc) is 2.46. The van der Waals surface area contributed by atoms with Crippen LogP contribution in [0, 0.1) is 5.82 Å². The molecule has 0 aromatic heterocycles. The molecule has 0 aliphatic rings. The van der Waals surface area contributed by atoms with Crippen LogP contribution in [0.25, 0.3) is 0 Å². The van der Waals surface area contributed by atoms with Gasteiger partial charge in [0.1, 0.15) is 18.2 Å². The number of nitrogens with two attached hydrogens (primary N) is 1. The Morgan fingerprint density at radius 3 is 2.58 bits per heavy atom. The predicted octanol–water partition coefficient (Wildman–Crippen LogP) is 3.59. The molecule has 2 N–H and O–H groups in total. The van der Waals surface area contributed by atoms with E-state index in [9.17, 15) is 4.39 Å². The molecule has 2 rings (SSSR count). The van der Waals surface area contributed by atoms with Gasteiger partial charge in [-0.2, -0.15) is 0 Å². The molecule has 2 nitrogen and oxygen atoms in total. The Morgan fingerprint density at radius 2 is 1.84 bits per heavy atom. The summed E-state index contributed by atoms with van der Waals surface area (Å²) in [5.41, 5.74) is 6.53. The van der Waals surface area contributed by atoms with Gasteiger partial charge in [0.05, 0.1) is 0 Å². The third kappa shape index (κ3) is 3.28. The smallest absolute Gasteiger partial charge is 0.134 e. The van der Waals surface area contributed by atoms with Crippen molar-refractivity contribution in [2.45, 2.75) is 18.0 Å². The Kier molecular flexibility index (Phi) is 4.82. The van der Waals surface area contributed by atoms with Crippen LogP contribution in [0.1, 0.15) is 11.1 Å². The Bertz CT molecular complexity index is 560. The van der Waals surface area contributed by atoms with Crippen LogP contribution >= 0.6 is 11.8 Å². The predicted molar refractivity (Wildman–Crippen MR) is 76.8 cm³/mol. The van der Waals surface area contributed by atoms with Crippen LogP contribution in [0.2, 0.25) is 0 Å². The SMILES string of the molecule is CSc1ccccc1OCc1cccc(CN)c1F. The van der Waals surface area contributed by atoms with Gasteiger partial charge >= 0.3 is 0 Å². The van der Waals surface area contributed by atoms with Crippen molar-refractivity contribution in [3.63, 3.8) is 0 Å². The molecular formula is C15H16FNOS. The molecule has 0 spiro atoms. The fourth-order valence-electron chi connectivity index (χ4n) is 1.80. The lowest BCUT2D eigenvalue weighted by atomic mass is 10.1. The third-order valence-corrected chi connectivity index (χ3v) is 3.61. The maximum absolute atomic E-state index is 14.0. The van der Waals surface area contributed by atoms with Crippen molar-refractivity contribution in [2.24, 2.45) is 5.73 Å². The van der Waals surface area contributed by atoms with Crippen molar-refractivity contribution in [3.8, 4) is 5.75 Å². The highest BCUT2D eigenvalue weighted by molar-refractivity contribution is 7.98. The van der Waals surface area contributed by atoms with Gasteiger partial charge in [-0.05, 0) is 18.4 Å². The lowest BCUT2D eigenvalue weighted by Crippen LogP contribution is -2.05. The summed E-state index contributed by atoms with van der Waals surface area (Å²) >= 11 is 1.60. The molecule has 0 aliphatic heterocycles. The van der Waals surface area contributed by atoms with Gasteiger partial charge in [0.2, 0.25) is 0 Å². The van der Waals surface area contributed by atoms with Crippen molar-refractivity contribution in [1.82, 2.24) is 0 Å². The first-order valence-corrected chi connectivity index (χ1v) is 7.21. The van der Waals surface area contributed by atoms with Crippen LogP contribution in [0.15, 0.2) is 47.4 Å². The molecule has 0 saturated carbocycles. The van der Waals surface area contributed by atoms with E-state index in [1.165, 1.54) is 0 Å². The van der Waals surface area contributed by atoms with E-state index in [2.05, 4.69) is 0 Å². The Balaban J connectivity index is 2.15. The summed E-state index contributed by atoms with van der Waals surface area (Å²) in [5.74, 6) is 0.499. The Hall–Kier alpha value is -1.52. The van der Waals surface area contributed by atoms with Crippen molar-refractivity contribution in [2.75, 3.05) is 6.26 Å². The number of ether oxygens (including phenoxy) is 1. The monoisotopic (exact) mass is 277 g/mol. The second-order valence-corrected chi connectivity index (χ2v) is 4.88. The highest BCUT2D eigenvalue weighted by Gasteiger charge is 2.08. The lowest BCUT2D eigenvalue weighted by Gasteiger charge is -2.11. The highest BCUT2D eigenvalue weighted by Crippen LogP contribution is 2.28. The summed E-state index contributed by atoms with van der Waals surface area (Å²) < 4.78 is 19.7. The van der Waals surface area contributed by atoms with Crippen molar-refractivity contribution >= 4 is 11.8 Å². The summed E-state index contributed by atoms with van der Waals surface area (Å²) in [7, 11) is 0. The maximum Gasteiger partial charge on any atom is 0.134 e. The average molecular weight is 277 g/mol. The largest absolute Gasteiger partial charge is 0.488 e. The number of rotatable bonds is 5. The number of benzene rings is 2. The van der Waals surface area contributed by atoms with Gasteiger partial charge in [0.25, 0.3) is 0 Å². The van der Waals surface area contributed by atoms with Gasteiger partial charge < -0.3 is 10.5 Å². The number of hydrogen-bond donors (Lipinski definition) is 1. The summed E-state index contributed by atoms with van der Waals surface area (Å²) in [6.45, 7) is 0.401. The van der Waals surface area contributed by atoms with E-state index in [4.69, 9.17) is 10.5 Å². The van der Waals surface area contributed by atoms with Gasteiger partial charge in [-0.3, -0.25) is 0 Å². The van der Waals surface area contributed by atoms with E-state index < -0.39 is 0 Å². The quantitative estimate of drug-likeness (QED) is 0.848. The van der Waals surface area contributed by atoms with Crippen LogP contribution in [-0.4, -0.2) is 6.26 Å².